The molecule has 6 rings (SSSR count). The lowest BCUT2D eigenvalue weighted by Gasteiger charge is -2.11. The molecule has 0 amide bonds. The number of nitrogens with zero attached hydrogens (tertiary/aromatic N) is 6. The topological polar surface area (TPSA) is 82.2 Å². The van der Waals surface area contributed by atoms with Crippen molar-refractivity contribution in [3.63, 3.8) is 0 Å². The third-order valence-electron chi connectivity index (χ3n) is 6.12. The minimum atomic E-state index is 0.477. The first kappa shape index (κ1) is 20.4. The molecule has 8 heteroatoms. The van der Waals surface area contributed by atoms with Gasteiger partial charge >= 0.3 is 0 Å². The summed E-state index contributed by atoms with van der Waals surface area (Å²) in [6, 6.07) is 20.2. The van der Waals surface area contributed by atoms with Crippen LogP contribution in [0.25, 0.3) is 5.65 Å². The van der Waals surface area contributed by atoms with Crippen molar-refractivity contribution >= 4 is 11.5 Å². The quantitative estimate of drug-likeness (QED) is 0.362. The van der Waals surface area contributed by atoms with Crippen LogP contribution < -0.4 is 10.1 Å². The van der Waals surface area contributed by atoms with Crippen LogP contribution in [0.2, 0.25) is 0 Å². The summed E-state index contributed by atoms with van der Waals surface area (Å²) >= 11 is 0. The molecule has 0 unspecified atom stereocenters. The van der Waals surface area contributed by atoms with Crippen molar-refractivity contribution in [2.24, 2.45) is 5.92 Å². The molecule has 170 valence electrons. The molecule has 1 N–H and O–H groups in total. The van der Waals surface area contributed by atoms with Crippen LogP contribution >= 0.6 is 0 Å². The maximum Gasteiger partial charge on any atom is 0.219 e. The molecule has 1 saturated carbocycles. The van der Waals surface area contributed by atoms with Gasteiger partial charge in [-0.3, -0.25) is 9.67 Å². The number of anilines is 1. The lowest BCUT2D eigenvalue weighted by atomic mass is 10.2. The molecule has 0 spiro atoms. The third kappa shape index (κ3) is 4.47. The van der Waals surface area contributed by atoms with Crippen molar-refractivity contribution in [3.8, 4) is 5.88 Å². The Hall–Kier alpha value is -4.20. The van der Waals surface area contributed by atoms with Crippen LogP contribution in [0.15, 0.2) is 85.5 Å². The summed E-state index contributed by atoms with van der Waals surface area (Å²) in [4.78, 5) is 9.08. The van der Waals surface area contributed by atoms with Gasteiger partial charge in [0.05, 0.1) is 25.5 Å². The molecule has 34 heavy (non-hydrogen) atoms. The summed E-state index contributed by atoms with van der Waals surface area (Å²) < 4.78 is 9.82. The molecule has 0 radical (unpaired) electrons. The highest BCUT2D eigenvalue weighted by atomic mass is 16.5. The molecule has 0 aliphatic heterocycles. The highest BCUT2D eigenvalue weighted by Gasteiger charge is 2.39. The molecule has 1 aliphatic carbocycles. The molecule has 4 aromatic heterocycles. The van der Waals surface area contributed by atoms with Crippen LogP contribution in [0.4, 0.5) is 5.82 Å². The van der Waals surface area contributed by atoms with Crippen LogP contribution in [0.3, 0.4) is 0 Å². The van der Waals surface area contributed by atoms with Gasteiger partial charge in [0.25, 0.3) is 0 Å². The van der Waals surface area contributed by atoms with E-state index in [0.29, 0.717) is 30.9 Å². The van der Waals surface area contributed by atoms with Crippen molar-refractivity contribution in [1.82, 2.24) is 29.4 Å². The van der Waals surface area contributed by atoms with E-state index >= 15 is 0 Å². The van der Waals surface area contributed by atoms with Crippen LogP contribution in [0, 0.1) is 5.92 Å². The number of fused-ring (bicyclic) bond motifs is 1. The molecule has 8 nitrogen and oxygen atoms in total. The molecular weight excluding hydrogens is 426 g/mol. The lowest BCUT2D eigenvalue weighted by molar-refractivity contribution is 0.286. The monoisotopic (exact) mass is 451 g/mol. The average Bonchev–Trinajstić information content (AvgIpc) is 3.25. The van der Waals surface area contributed by atoms with Gasteiger partial charge in [0.1, 0.15) is 5.82 Å². The van der Waals surface area contributed by atoms with E-state index in [9.17, 15) is 0 Å². The summed E-state index contributed by atoms with van der Waals surface area (Å²) in [5, 5.41) is 12.4. The Balaban J connectivity index is 1.10. The molecule has 0 saturated heterocycles. The number of pyridine rings is 1. The van der Waals surface area contributed by atoms with Crippen molar-refractivity contribution in [2.75, 3.05) is 11.9 Å². The van der Waals surface area contributed by atoms with Gasteiger partial charge in [-0.05, 0) is 24.1 Å². The first-order valence-electron chi connectivity index (χ1n) is 11.5. The smallest absolute Gasteiger partial charge is 0.219 e. The van der Waals surface area contributed by atoms with Gasteiger partial charge in [-0.2, -0.15) is 19.7 Å². The standard InChI is InChI=1S/C26H25N7O/c1-2-6-19(7-3-1)16-32-17-20(15-30-32)14-28-25-13-26(31-24-9-11-29-33(24)25)34-18-21-12-22(21)23-8-4-5-10-27-23/h1-11,13,15,17,21-22,28H,12,14,16,18H2/t21-,22+/m0/s1. The Kier molecular flexibility index (Phi) is 5.39. The minimum absolute atomic E-state index is 0.477. The van der Waals surface area contributed by atoms with E-state index in [4.69, 9.17) is 4.74 Å². The van der Waals surface area contributed by atoms with Crippen LogP contribution in [-0.4, -0.2) is 36.0 Å². The summed E-state index contributed by atoms with van der Waals surface area (Å²) in [6.45, 7) is 2.00. The second-order valence-electron chi connectivity index (χ2n) is 8.63. The predicted octanol–water partition coefficient (Wildman–Crippen LogP) is 4.16. The molecule has 0 bridgehead atoms. The molecule has 1 aromatic carbocycles. The largest absolute Gasteiger partial charge is 0.477 e. The Morgan fingerprint density at radius 1 is 0.971 bits per heavy atom. The number of hydrogen-bond donors (Lipinski definition) is 1. The van der Waals surface area contributed by atoms with Crippen LogP contribution in [0.5, 0.6) is 5.88 Å². The third-order valence-corrected chi connectivity index (χ3v) is 6.12. The normalized spacial score (nSPS) is 17.1. The summed E-state index contributed by atoms with van der Waals surface area (Å²) in [5.41, 5.74) is 4.20. The predicted molar refractivity (Wildman–Crippen MR) is 129 cm³/mol. The van der Waals surface area contributed by atoms with Gasteiger partial charge in [-0.25, -0.2) is 0 Å². The van der Waals surface area contributed by atoms with Gasteiger partial charge in [0.15, 0.2) is 5.65 Å². The number of ether oxygens (including phenoxy) is 1. The SMILES string of the molecule is c1ccc(Cn2cc(CNc3cc(OC[C@@H]4C[C@H]4c4ccccn4)nc4ccnn34)cn2)cc1. The molecule has 1 aliphatic rings. The van der Waals surface area contributed by atoms with Gasteiger partial charge in [0, 0.05) is 54.2 Å². The summed E-state index contributed by atoms with van der Waals surface area (Å²) in [7, 11) is 0. The van der Waals surface area contributed by atoms with Gasteiger partial charge in [0.2, 0.25) is 5.88 Å². The molecule has 1 fully saturated rings. The van der Waals surface area contributed by atoms with Crippen molar-refractivity contribution in [1.29, 1.82) is 0 Å². The zero-order chi connectivity index (χ0) is 22.7. The fourth-order valence-electron chi connectivity index (χ4n) is 4.22. The molecule has 5 aromatic rings. The fourth-order valence-corrected chi connectivity index (χ4v) is 4.22. The number of benzene rings is 1. The highest BCUT2D eigenvalue weighted by Crippen LogP contribution is 2.46. The minimum Gasteiger partial charge on any atom is -0.477 e. The maximum absolute atomic E-state index is 6.09. The van der Waals surface area contributed by atoms with E-state index in [1.165, 1.54) is 5.56 Å². The maximum atomic E-state index is 6.09. The Labute approximate surface area is 197 Å². The zero-order valence-electron chi connectivity index (χ0n) is 18.7. The van der Waals surface area contributed by atoms with Crippen LogP contribution in [0.1, 0.15) is 29.2 Å². The number of nitrogens with one attached hydrogen (secondary N) is 1. The molecular formula is C26H25N7O. The Morgan fingerprint density at radius 2 is 1.88 bits per heavy atom. The highest BCUT2D eigenvalue weighted by molar-refractivity contribution is 5.51. The molecule has 4 heterocycles. The Bertz CT molecular complexity index is 1380. The number of hydrogen-bond acceptors (Lipinski definition) is 6. The lowest BCUT2D eigenvalue weighted by Crippen LogP contribution is -2.08. The van der Waals surface area contributed by atoms with E-state index in [2.05, 4.69) is 49.9 Å². The fraction of sp³-hybridized carbons (Fsp3) is 0.231. The second-order valence-corrected chi connectivity index (χ2v) is 8.63. The van der Waals surface area contributed by atoms with E-state index in [-0.39, 0.29) is 0 Å². The van der Waals surface area contributed by atoms with Crippen molar-refractivity contribution in [2.45, 2.75) is 25.4 Å². The van der Waals surface area contributed by atoms with E-state index in [0.717, 1.165) is 35.7 Å². The van der Waals surface area contributed by atoms with Gasteiger partial charge in [-0.1, -0.05) is 36.4 Å². The Morgan fingerprint density at radius 3 is 2.76 bits per heavy atom. The molecule has 2 atom stereocenters. The van der Waals surface area contributed by atoms with Gasteiger partial charge < -0.3 is 10.1 Å². The van der Waals surface area contributed by atoms with E-state index in [1.807, 2.05) is 59.5 Å². The first-order chi connectivity index (χ1) is 16.8. The second kappa shape index (κ2) is 8.97. The summed E-state index contributed by atoms with van der Waals surface area (Å²) in [5.74, 6) is 2.38. The first-order valence-corrected chi connectivity index (χ1v) is 11.5. The van der Waals surface area contributed by atoms with Crippen molar-refractivity contribution < 1.29 is 4.74 Å². The van der Waals surface area contributed by atoms with Gasteiger partial charge in [-0.15, -0.1) is 0 Å². The van der Waals surface area contributed by atoms with Crippen molar-refractivity contribution in [3.05, 3.63) is 102 Å². The number of aromatic nitrogens is 6. The summed E-state index contributed by atoms with van der Waals surface area (Å²) in [6.07, 6.45) is 8.64. The van der Waals surface area contributed by atoms with E-state index in [1.54, 1.807) is 10.7 Å². The average molecular weight is 452 g/mol. The van der Waals surface area contributed by atoms with Crippen LogP contribution in [-0.2, 0) is 13.1 Å². The van der Waals surface area contributed by atoms with E-state index < -0.39 is 0 Å². The zero-order valence-corrected chi connectivity index (χ0v) is 18.7. The number of rotatable bonds is 9.